The van der Waals surface area contributed by atoms with Crippen molar-refractivity contribution in [3.8, 4) is 0 Å². The third-order valence-corrected chi connectivity index (χ3v) is 1.65. The summed E-state index contributed by atoms with van der Waals surface area (Å²) in [6.45, 7) is 2.34. The number of rotatable bonds is 4. The smallest absolute Gasteiger partial charge is 0.227 e. The Morgan fingerprint density at radius 1 is 1.43 bits per heavy atom. The maximum absolute atomic E-state index is 11.4. The van der Waals surface area contributed by atoms with Crippen LogP contribution in [0.5, 0.6) is 0 Å². The summed E-state index contributed by atoms with van der Waals surface area (Å²) in [6.07, 6.45) is 1.40. The predicted molar refractivity (Wildman–Crippen MR) is 51.9 cm³/mol. The molecular weight excluding hydrogens is 180 g/mol. The van der Waals surface area contributed by atoms with Crippen LogP contribution in [-0.2, 0) is 4.79 Å². The quantitative estimate of drug-likeness (QED) is 0.566. The number of nitrogens with one attached hydrogen (secondary N) is 1. The molecule has 0 radical (unpaired) electrons. The highest BCUT2D eigenvalue weighted by Gasteiger charge is 2.11. The molecule has 0 fully saturated rings. The van der Waals surface area contributed by atoms with E-state index in [1.54, 1.807) is 18.2 Å². The van der Waals surface area contributed by atoms with E-state index in [9.17, 15) is 9.59 Å². The second-order valence-corrected chi connectivity index (χ2v) is 2.77. The van der Waals surface area contributed by atoms with Crippen molar-refractivity contribution in [2.45, 2.75) is 13.3 Å². The van der Waals surface area contributed by atoms with E-state index in [1.807, 2.05) is 6.92 Å². The number of carbonyl (C=O) groups is 2. The topological polar surface area (TPSA) is 59.1 Å². The number of ketones is 1. The van der Waals surface area contributed by atoms with Crippen LogP contribution in [0.2, 0.25) is 0 Å². The van der Waals surface area contributed by atoms with Gasteiger partial charge in [0.25, 0.3) is 0 Å². The molecule has 0 saturated carbocycles. The van der Waals surface area contributed by atoms with Crippen molar-refractivity contribution in [1.29, 1.82) is 0 Å². The van der Waals surface area contributed by atoms with Gasteiger partial charge < -0.3 is 5.32 Å². The Morgan fingerprint density at radius 2 is 2.21 bits per heavy atom. The molecule has 14 heavy (non-hydrogen) atoms. The Labute approximate surface area is 82.3 Å². The van der Waals surface area contributed by atoms with Crippen molar-refractivity contribution in [3.63, 3.8) is 0 Å². The second kappa shape index (κ2) is 5.11. The van der Waals surface area contributed by atoms with Gasteiger partial charge in [-0.25, -0.2) is 0 Å². The zero-order valence-electron chi connectivity index (χ0n) is 7.99. The van der Waals surface area contributed by atoms with Gasteiger partial charge in [-0.3, -0.25) is 14.6 Å². The van der Waals surface area contributed by atoms with Crippen molar-refractivity contribution < 1.29 is 9.59 Å². The molecule has 0 spiro atoms. The summed E-state index contributed by atoms with van der Waals surface area (Å²) in [6, 6.07) is 5.04. The molecule has 1 N–H and O–H groups in total. The summed E-state index contributed by atoms with van der Waals surface area (Å²) in [4.78, 5) is 26.3. The second-order valence-electron chi connectivity index (χ2n) is 2.77. The molecule has 0 aliphatic rings. The lowest BCUT2D eigenvalue weighted by atomic mass is 10.2. The first kappa shape index (κ1) is 10.4. The highest BCUT2D eigenvalue weighted by molar-refractivity contribution is 6.06. The fourth-order valence-corrected chi connectivity index (χ4v) is 1.02. The molecule has 4 nitrogen and oxygen atoms in total. The molecule has 0 atom stereocenters. The fourth-order valence-electron chi connectivity index (χ4n) is 1.02. The largest absolute Gasteiger partial charge is 0.356 e. The minimum atomic E-state index is -0.261. The van der Waals surface area contributed by atoms with Gasteiger partial charge in [-0.15, -0.1) is 0 Å². The van der Waals surface area contributed by atoms with Crippen molar-refractivity contribution in [1.82, 2.24) is 10.3 Å². The minimum Gasteiger partial charge on any atom is -0.356 e. The van der Waals surface area contributed by atoms with Crippen LogP contribution in [0.1, 0.15) is 23.8 Å². The highest BCUT2D eigenvalue weighted by Crippen LogP contribution is 1.98. The zero-order valence-corrected chi connectivity index (χ0v) is 7.99. The number of hydrogen-bond donors (Lipinski definition) is 1. The Bertz CT molecular complexity index is 322. The van der Waals surface area contributed by atoms with Crippen molar-refractivity contribution in [3.05, 3.63) is 30.1 Å². The van der Waals surface area contributed by atoms with Gasteiger partial charge in [-0.2, -0.15) is 0 Å². The van der Waals surface area contributed by atoms with Crippen molar-refractivity contribution in [2.75, 3.05) is 6.54 Å². The van der Waals surface area contributed by atoms with E-state index in [1.165, 1.54) is 6.20 Å². The zero-order chi connectivity index (χ0) is 10.4. The van der Waals surface area contributed by atoms with E-state index in [-0.39, 0.29) is 18.1 Å². The lowest BCUT2D eigenvalue weighted by Crippen LogP contribution is -2.25. The molecule has 4 heteroatoms. The van der Waals surface area contributed by atoms with Crippen molar-refractivity contribution in [2.24, 2.45) is 0 Å². The van der Waals surface area contributed by atoms with Crippen molar-refractivity contribution >= 4 is 11.7 Å². The molecular formula is C10H12N2O2. The molecule has 74 valence electrons. The first-order valence-corrected chi connectivity index (χ1v) is 4.45. The summed E-state index contributed by atoms with van der Waals surface area (Å²) in [5, 5.41) is 2.56. The van der Waals surface area contributed by atoms with Crippen LogP contribution in [0, 0.1) is 0 Å². The summed E-state index contributed by atoms with van der Waals surface area (Å²) in [5.41, 5.74) is 0.332. The van der Waals surface area contributed by atoms with E-state index in [2.05, 4.69) is 10.3 Å². The normalized spacial score (nSPS) is 9.50. The SMILES string of the molecule is CCNC(=O)CC(=O)c1ccccn1. The molecule has 1 aromatic heterocycles. The van der Waals surface area contributed by atoms with Crippen LogP contribution in [0.4, 0.5) is 0 Å². The molecule has 1 amide bonds. The maximum Gasteiger partial charge on any atom is 0.227 e. The summed E-state index contributed by atoms with van der Waals surface area (Å²) >= 11 is 0. The highest BCUT2D eigenvalue weighted by atomic mass is 16.2. The number of hydrogen-bond acceptors (Lipinski definition) is 3. The van der Waals surface area contributed by atoms with Crippen LogP contribution in [0.3, 0.4) is 0 Å². The van der Waals surface area contributed by atoms with Gasteiger partial charge in [0, 0.05) is 12.7 Å². The number of amides is 1. The van der Waals surface area contributed by atoms with Crippen LogP contribution in [-0.4, -0.2) is 23.2 Å². The average Bonchev–Trinajstić information content (AvgIpc) is 2.19. The molecule has 0 unspecified atom stereocenters. The van der Waals surface area contributed by atoms with Gasteiger partial charge in [-0.1, -0.05) is 6.07 Å². The summed E-state index contributed by atoms with van der Waals surface area (Å²) in [7, 11) is 0. The monoisotopic (exact) mass is 192 g/mol. The van der Waals surface area contributed by atoms with Crippen LogP contribution in [0.15, 0.2) is 24.4 Å². The lowest BCUT2D eigenvalue weighted by molar-refractivity contribution is -0.120. The molecule has 1 heterocycles. The van der Waals surface area contributed by atoms with Crippen LogP contribution >= 0.6 is 0 Å². The molecule has 0 aromatic carbocycles. The molecule has 1 aromatic rings. The molecule has 0 bridgehead atoms. The third-order valence-electron chi connectivity index (χ3n) is 1.65. The molecule has 0 saturated heterocycles. The van der Waals surface area contributed by atoms with Gasteiger partial charge in [0.1, 0.15) is 5.69 Å². The first-order valence-electron chi connectivity index (χ1n) is 4.45. The minimum absolute atomic E-state index is 0.134. The number of aromatic nitrogens is 1. The summed E-state index contributed by atoms with van der Waals surface area (Å²) in [5.74, 6) is -0.514. The number of pyridine rings is 1. The van der Waals surface area contributed by atoms with E-state index in [0.717, 1.165) is 0 Å². The van der Waals surface area contributed by atoms with E-state index >= 15 is 0 Å². The average molecular weight is 192 g/mol. The van der Waals surface area contributed by atoms with Gasteiger partial charge >= 0.3 is 0 Å². The fraction of sp³-hybridized carbons (Fsp3) is 0.300. The maximum atomic E-state index is 11.4. The van der Waals surface area contributed by atoms with Crippen LogP contribution in [0.25, 0.3) is 0 Å². The number of nitrogens with zero attached hydrogens (tertiary/aromatic N) is 1. The molecule has 1 rings (SSSR count). The van der Waals surface area contributed by atoms with Gasteiger partial charge in [0.05, 0.1) is 6.42 Å². The summed E-state index contributed by atoms with van der Waals surface area (Å²) < 4.78 is 0. The number of carbonyl (C=O) groups excluding carboxylic acids is 2. The van der Waals surface area contributed by atoms with Crippen LogP contribution < -0.4 is 5.32 Å². The Balaban J connectivity index is 2.55. The Morgan fingerprint density at radius 3 is 2.79 bits per heavy atom. The van der Waals surface area contributed by atoms with Gasteiger partial charge in [0.15, 0.2) is 5.78 Å². The van der Waals surface area contributed by atoms with E-state index in [0.29, 0.717) is 12.2 Å². The predicted octanol–water partition coefficient (Wildman–Crippen LogP) is 0.790. The standard InChI is InChI=1S/C10H12N2O2/c1-2-11-10(14)7-9(13)8-5-3-4-6-12-8/h3-6H,2,7H2,1H3,(H,11,14). The van der Waals surface area contributed by atoms with E-state index in [4.69, 9.17) is 0 Å². The molecule has 0 aliphatic carbocycles. The third kappa shape index (κ3) is 2.97. The Hall–Kier alpha value is -1.71. The first-order chi connectivity index (χ1) is 6.74. The van der Waals surface area contributed by atoms with E-state index < -0.39 is 0 Å². The lowest BCUT2D eigenvalue weighted by Gasteiger charge is -2.00. The number of Topliss-reactive ketones (excluding diaryl/α,β-unsaturated/α-hetero) is 1. The Kier molecular flexibility index (Phi) is 3.79. The van der Waals surface area contributed by atoms with Gasteiger partial charge in [0.2, 0.25) is 5.91 Å². The molecule has 0 aliphatic heterocycles. The van der Waals surface area contributed by atoms with Gasteiger partial charge in [-0.05, 0) is 19.1 Å².